The summed E-state index contributed by atoms with van der Waals surface area (Å²) in [5.41, 5.74) is 0. The second-order valence-electron chi connectivity index (χ2n) is 2.72. The Bertz CT molecular complexity index is 216. The van der Waals surface area contributed by atoms with Crippen LogP contribution in [-0.2, 0) is 0 Å². The molecule has 0 aromatic carbocycles. The molecule has 0 heterocycles. The van der Waals surface area contributed by atoms with Crippen molar-refractivity contribution in [1.82, 2.24) is 0 Å². The molecule has 12 heteroatoms. The van der Waals surface area contributed by atoms with Gasteiger partial charge in [0.1, 0.15) is 13.2 Å². The molecule has 0 amide bonds. The zero-order valence-electron chi connectivity index (χ0n) is 8.09. The number of alkyl halides is 10. The number of aliphatic hydroxyl groups is 2. The lowest BCUT2D eigenvalue weighted by Crippen LogP contribution is -2.39. The average molecular weight is 300 g/mol. The van der Waals surface area contributed by atoms with Crippen LogP contribution in [0.3, 0.4) is 0 Å². The molecule has 0 unspecified atom stereocenters. The van der Waals surface area contributed by atoms with Crippen molar-refractivity contribution < 1.29 is 54.1 Å². The third kappa shape index (κ3) is 5.71. The van der Waals surface area contributed by atoms with Gasteiger partial charge in [0.15, 0.2) is 0 Å². The second-order valence-corrected chi connectivity index (χ2v) is 2.72. The highest BCUT2D eigenvalue weighted by Crippen LogP contribution is 2.35. The van der Waals surface area contributed by atoms with Crippen LogP contribution in [0.4, 0.5) is 43.9 Å². The fourth-order valence-electron chi connectivity index (χ4n) is 0.179. The lowest BCUT2D eigenvalue weighted by Gasteiger charge is -2.15. The van der Waals surface area contributed by atoms with Gasteiger partial charge in [0, 0.05) is 0 Å². The predicted octanol–water partition coefficient (Wildman–Crippen LogP) is 2.35. The van der Waals surface area contributed by atoms with Crippen LogP contribution in [0.2, 0.25) is 0 Å². The summed E-state index contributed by atoms with van der Waals surface area (Å²) in [6, 6.07) is 0. The minimum atomic E-state index is -5.64. The Hall–Kier alpha value is -0.780. The highest BCUT2D eigenvalue weighted by atomic mass is 19.4. The van der Waals surface area contributed by atoms with Crippen molar-refractivity contribution in [3.05, 3.63) is 0 Å². The lowest BCUT2D eigenvalue weighted by atomic mass is 10.3. The molecule has 0 aromatic heterocycles. The van der Waals surface area contributed by atoms with Gasteiger partial charge >= 0.3 is 24.2 Å². The molecule has 2 N–H and O–H groups in total. The van der Waals surface area contributed by atoms with E-state index in [1.54, 1.807) is 0 Å². The van der Waals surface area contributed by atoms with E-state index in [0.717, 1.165) is 0 Å². The number of hydrogen-bond donors (Lipinski definition) is 2. The zero-order valence-corrected chi connectivity index (χ0v) is 8.09. The predicted molar refractivity (Wildman–Crippen MR) is 36.2 cm³/mol. The van der Waals surface area contributed by atoms with Gasteiger partial charge in [-0.05, 0) is 0 Å². The van der Waals surface area contributed by atoms with E-state index in [4.69, 9.17) is 10.2 Å². The topological polar surface area (TPSA) is 40.5 Å². The Labute approximate surface area is 92.8 Å². The third-order valence-electron chi connectivity index (χ3n) is 1.23. The summed E-state index contributed by atoms with van der Waals surface area (Å²) in [4.78, 5) is 0. The second kappa shape index (κ2) is 5.91. The Morgan fingerprint density at radius 3 is 0.667 bits per heavy atom. The molecule has 0 radical (unpaired) electrons. The van der Waals surface area contributed by atoms with Gasteiger partial charge < -0.3 is 10.2 Å². The van der Waals surface area contributed by atoms with E-state index in [0.29, 0.717) is 0 Å². The fourth-order valence-corrected chi connectivity index (χ4v) is 0.179. The van der Waals surface area contributed by atoms with Gasteiger partial charge in [-0.2, -0.15) is 43.9 Å². The van der Waals surface area contributed by atoms with E-state index >= 15 is 0 Å². The highest BCUT2D eigenvalue weighted by Gasteiger charge is 2.57. The molecule has 112 valence electrons. The first kappa shape index (κ1) is 19.6. The van der Waals surface area contributed by atoms with Gasteiger partial charge in [0.05, 0.1) is 0 Å². The summed E-state index contributed by atoms with van der Waals surface area (Å²) in [5, 5.41) is 14.9. The summed E-state index contributed by atoms with van der Waals surface area (Å²) in [5.74, 6) is -9.93. The van der Waals surface area contributed by atoms with Crippen LogP contribution in [0.5, 0.6) is 0 Å². The molecular formula is C6H6F10O2. The van der Waals surface area contributed by atoms with E-state index in [9.17, 15) is 43.9 Å². The van der Waals surface area contributed by atoms with Crippen molar-refractivity contribution in [3.8, 4) is 0 Å². The maximum Gasteiger partial charge on any atom is 0.455 e. The number of rotatable bonds is 2. The van der Waals surface area contributed by atoms with Gasteiger partial charge in [0.25, 0.3) is 0 Å². The molecule has 0 aliphatic rings. The Kier molecular flexibility index (Phi) is 6.42. The first-order valence-electron chi connectivity index (χ1n) is 3.73. The molecule has 18 heavy (non-hydrogen) atoms. The number of halogens is 10. The van der Waals surface area contributed by atoms with E-state index in [1.165, 1.54) is 0 Å². The van der Waals surface area contributed by atoms with Crippen molar-refractivity contribution in [2.24, 2.45) is 0 Å². The molecule has 0 fully saturated rings. The van der Waals surface area contributed by atoms with Gasteiger partial charge in [0.2, 0.25) is 0 Å². The van der Waals surface area contributed by atoms with Crippen LogP contribution in [0.1, 0.15) is 0 Å². The van der Waals surface area contributed by atoms with Crippen LogP contribution < -0.4 is 0 Å². The molecule has 0 aromatic rings. The molecule has 0 atom stereocenters. The van der Waals surface area contributed by atoms with E-state index in [2.05, 4.69) is 0 Å². The Morgan fingerprint density at radius 1 is 0.500 bits per heavy atom. The molecule has 0 spiro atoms. The van der Waals surface area contributed by atoms with Crippen LogP contribution in [0, 0.1) is 0 Å². The van der Waals surface area contributed by atoms with Gasteiger partial charge in [-0.1, -0.05) is 0 Å². The molecule has 0 saturated heterocycles. The maximum atomic E-state index is 11.3. The lowest BCUT2D eigenvalue weighted by molar-refractivity contribution is -0.292. The zero-order chi connectivity index (χ0) is 15.4. The molecule has 0 bridgehead atoms. The first-order chi connectivity index (χ1) is 7.62. The molecule has 0 saturated carbocycles. The summed E-state index contributed by atoms with van der Waals surface area (Å²) in [6.45, 7) is -4.40. The molecule has 0 aliphatic heterocycles. The minimum Gasteiger partial charge on any atom is -0.390 e. The van der Waals surface area contributed by atoms with Crippen LogP contribution in [0.25, 0.3) is 0 Å². The van der Waals surface area contributed by atoms with Crippen molar-refractivity contribution in [2.45, 2.75) is 24.2 Å². The Morgan fingerprint density at radius 2 is 0.667 bits per heavy atom. The Balaban J connectivity index is 0. The van der Waals surface area contributed by atoms with E-state index < -0.39 is 37.4 Å². The van der Waals surface area contributed by atoms with E-state index in [1.807, 2.05) is 0 Å². The smallest absolute Gasteiger partial charge is 0.390 e. The standard InChI is InChI=1S/2C3H3F5O/c2*4-2(5,1-9)3(6,7)8/h2*9H,1H2. The quantitative estimate of drug-likeness (QED) is 0.769. The third-order valence-corrected chi connectivity index (χ3v) is 1.23. The van der Waals surface area contributed by atoms with Gasteiger partial charge in [-0.25, -0.2) is 0 Å². The molecule has 0 aliphatic carbocycles. The van der Waals surface area contributed by atoms with Crippen molar-refractivity contribution in [2.75, 3.05) is 13.2 Å². The summed E-state index contributed by atoms with van der Waals surface area (Å²) in [7, 11) is 0. The largest absolute Gasteiger partial charge is 0.455 e. The molecule has 2 nitrogen and oxygen atoms in total. The van der Waals surface area contributed by atoms with Crippen LogP contribution in [0.15, 0.2) is 0 Å². The normalized spacial score (nSPS) is 14.0. The average Bonchev–Trinajstić information content (AvgIpc) is 2.15. The summed E-state index contributed by atoms with van der Waals surface area (Å²) < 4.78 is 111. The summed E-state index contributed by atoms with van der Waals surface area (Å²) in [6.07, 6.45) is -11.3. The van der Waals surface area contributed by atoms with E-state index in [-0.39, 0.29) is 0 Å². The van der Waals surface area contributed by atoms with Crippen molar-refractivity contribution >= 4 is 0 Å². The summed E-state index contributed by atoms with van der Waals surface area (Å²) >= 11 is 0. The minimum absolute atomic E-state index is 2.20. The molecule has 0 rings (SSSR count). The monoisotopic (exact) mass is 300 g/mol. The molecular weight excluding hydrogens is 294 g/mol. The number of aliphatic hydroxyl groups excluding tert-OH is 2. The van der Waals surface area contributed by atoms with Crippen LogP contribution in [-0.4, -0.2) is 47.6 Å². The van der Waals surface area contributed by atoms with Crippen LogP contribution >= 0.6 is 0 Å². The van der Waals surface area contributed by atoms with Gasteiger partial charge in [-0.15, -0.1) is 0 Å². The fraction of sp³-hybridized carbons (Fsp3) is 1.00. The van der Waals surface area contributed by atoms with Crippen molar-refractivity contribution in [1.29, 1.82) is 0 Å². The van der Waals surface area contributed by atoms with Crippen molar-refractivity contribution in [3.63, 3.8) is 0 Å². The highest BCUT2D eigenvalue weighted by molar-refractivity contribution is 4.73. The SMILES string of the molecule is OCC(F)(F)C(F)(F)F.OCC(F)(F)C(F)(F)F. The maximum absolute atomic E-state index is 11.3. The first-order valence-corrected chi connectivity index (χ1v) is 3.73. The van der Waals surface area contributed by atoms with Gasteiger partial charge in [-0.3, -0.25) is 0 Å². The number of hydrogen-bond acceptors (Lipinski definition) is 2.